The second kappa shape index (κ2) is 9.26. The van der Waals surface area contributed by atoms with E-state index in [4.69, 9.17) is 33.9 Å². The second-order valence-corrected chi connectivity index (χ2v) is 6.18. The maximum absolute atomic E-state index is 11.7. The molecule has 0 aromatic heterocycles. The number of rotatable bonds is 4. The highest BCUT2D eigenvalue weighted by Crippen LogP contribution is 2.20. The van der Waals surface area contributed by atoms with Crippen LogP contribution in [0.1, 0.15) is 17.3 Å². The number of thiocarbonyl (C=S) groups is 2. The van der Waals surface area contributed by atoms with E-state index in [1.807, 2.05) is 44.4 Å². The molecular weight excluding hydrogens is 368 g/mol. The van der Waals surface area contributed by atoms with Crippen LogP contribution in [-0.2, 0) is 4.74 Å². The van der Waals surface area contributed by atoms with E-state index < -0.39 is 0 Å². The Morgan fingerprint density at radius 3 is 2.15 bits per heavy atom. The summed E-state index contributed by atoms with van der Waals surface area (Å²) in [7, 11) is 3.68. The summed E-state index contributed by atoms with van der Waals surface area (Å²) in [6.07, 6.45) is 0. The normalized spacial score (nSPS) is 9.96. The molecule has 0 bridgehead atoms. The van der Waals surface area contributed by atoms with Crippen LogP contribution in [0.5, 0.6) is 5.75 Å². The Balaban J connectivity index is 2.19. The zero-order chi connectivity index (χ0) is 19.1. The number of benzene rings is 2. The number of hydrogen-bond donors (Lipinski definition) is 0. The Bertz CT molecular complexity index is 777. The highest BCUT2D eigenvalue weighted by molar-refractivity contribution is 7.82. The van der Waals surface area contributed by atoms with Crippen LogP contribution in [-0.4, -0.2) is 41.9 Å². The Kier molecular flexibility index (Phi) is 7.06. The van der Waals surface area contributed by atoms with Gasteiger partial charge in [0.25, 0.3) is 5.17 Å². The van der Waals surface area contributed by atoms with Gasteiger partial charge in [-0.2, -0.15) is 0 Å². The molecule has 0 aliphatic carbocycles. The predicted octanol–water partition coefficient (Wildman–Crippen LogP) is 3.88. The van der Waals surface area contributed by atoms with E-state index in [-0.39, 0.29) is 11.1 Å². The second-order valence-electron chi connectivity index (χ2n) is 5.46. The monoisotopic (exact) mass is 388 g/mol. The van der Waals surface area contributed by atoms with Gasteiger partial charge in [0.15, 0.2) is 5.11 Å². The van der Waals surface area contributed by atoms with E-state index in [1.165, 1.54) is 0 Å². The molecule has 0 N–H and O–H groups in total. The summed E-state index contributed by atoms with van der Waals surface area (Å²) < 4.78 is 10.8. The van der Waals surface area contributed by atoms with E-state index in [0.717, 1.165) is 5.69 Å². The van der Waals surface area contributed by atoms with E-state index in [1.54, 1.807) is 41.0 Å². The SMILES string of the molecule is CCOC(=O)c1ccc(OC(=S)N(C(=S)N(C)C)c2ccccc2)cc1. The predicted molar refractivity (Wildman–Crippen MR) is 111 cm³/mol. The van der Waals surface area contributed by atoms with Crippen LogP contribution in [0.15, 0.2) is 54.6 Å². The van der Waals surface area contributed by atoms with Crippen molar-refractivity contribution >= 4 is 46.4 Å². The molecule has 0 aliphatic heterocycles. The first-order valence-electron chi connectivity index (χ1n) is 7.99. The minimum absolute atomic E-state index is 0.193. The van der Waals surface area contributed by atoms with Crippen molar-refractivity contribution in [1.29, 1.82) is 0 Å². The summed E-state index contributed by atoms with van der Waals surface area (Å²) >= 11 is 10.9. The lowest BCUT2D eigenvalue weighted by Gasteiger charge is -2.28. The summed E-state index contributed by atoms with van der Waals surface area (Å²) in [4.78, 5) is 15.2. The van der Waals surface area contributed by atoms with Crippen LogP contribution in [0.25, 0.3) is 0 Å². The van der Waals surface area contributed by atoms with Gasteiger partial charge in [-0.25, -0.2) is 9.69 Å². The number of esters is 1. The fourth-order valence-electron chi connectivity index (χ4n) is 2.09. The summed E-state index contributed by atoms with van der Waals surface area (Å²) in [5.41, 5.74) is 1.26. The molecule has 26 heavy (non-hydrogen) atoms. The quantitative estimate of drug-likeness (QED) is 0.582. The molecule has 0 saturated carbocycles. The maximum Gasteiger partial charge on any atom is 0.338 e. The topological polar surface area (TPSA) is 42.0 Å². The molecule has 0 unspecified atom stereocenters. The molecule has 0 atom stereocenters. The standard InChI is InChI=1S/C19H20N2O3S2/c1-4-23-17(22)14-10-12-16(13-11-14)24-19(26)21(18(25)20(2)3)15-8-6-5-7-9-15/h5-13H,4H2,1-3H3. The van der Waals surface area contributed by atoms with Gasteiger partial charge in [0.2, 0.25) is 0 Å². The highest BCUT2D eigenvalue weighted by Gasteiger charge is 2.20. The van der Waals surface area contributed by atoms with E-state index in [9.17, 15) is 4.79 Å². The van der Waals surface area contributed by atoms with Crippen molar-refractivity contribution in [3.8, 4) is 5.75 Å². The number of carbonyl (C=O) groups excluding carboxylic acids is 1. The number of carbonyl (C=O) groups is 1. The average Bonchev–Trinajstić information content (AvgIpc) is 2.63. The van der Waals surface area contributed by atoms with Gasteiger partial charge in [-0.05, 0) is 67.8 Å². The van der Waals surface area contributed by atoms with E-state index in [2.05, 4.69) is 0 Å². The molecule has 0 aliphatic rings. The minimum atomic E-state index is -0.374. The molecule has 0 spiro atoms. The molecule has 0 radical (unpaired) electrons. The van der Waals surface area contributed by atoms with Crippen LogP contribution in [0.2, 0.25) is 0 Å². The molecule has 5 nitrogen and oxygen atoms in total. The van der Waals surface area contributed by atoms with Crippen LogP contribution in [0, 0.1) is 0 Å². The smallest absolute Gasteiger partial charge is 0.338 e. The average molecular weight is 389 g/mol. The van der Waals surface area contributed by atoms with Crippen molar-refractivity contribution in [2.75, 3.05) is 25.6 Å². The Hall–Kier alpha value is -2.51. The van der Waals surface area contributed by atoms with Crippen LogP contribution >= 0.6 is 24.4 Å². The Morgan fingerprint density at radius 1 is 1.00 bits per heavy atom. The molecular formula is C19H20N2O3S2. The van der Waals surface area contributed by atoms with Crippen molar-refractivity contribution < 1.29 is 14.3 Å². The third-order valence-corrected chi connectivity index (χ3v) is 4.16. The van der Waals surface area contributed by atoms with Gasteiger partial charge in [0.1, 0.15) is 5.75 Å². The Labute approximate surface area is 164 Å². The number of para-hydroxylation sites is 1. The molecule has 7 heteroatoms. The maximum atomic E-state index is 11.7. The largest absolute Gasteiger partial charge is 0.462 e. The first kappa shape index (κ1) is 19.8. The summed E-state index contributed by atoms with van der Waals surface area (Å²) in [6, 6.07) is 16.1. The molecule has 0 amide bonds. The summed E-state index contributed by atoms with van der Waals surface area (Å²) in [6.45, 7) is 2.09. The zero-order valence-corrected chi connectivity index (χ0v) is 16.5. The van der Waals surface area contributed by atoms with Crippen molar-refractivity contribution in [3.63, 3.8) is 0 Å². The lowest BCUT2D eigenvalue weighted by atomic mass is 10.2. The van der Waals surface area contributed by atoms with E-state index >= 15 is 0 Å². The van der Waals surface area contributed by atoms with Gasteiger partial charge >= 0.3 is 5.97 Å². The lowest BCUT2D eigenvalue weighted by Crippen LogP contribution is -2.44. The zero-order valence-electron chi connectivity index (χ0n) is 14.8. The van der Waals surface area contributed by atoms with Crippen molar-refractivity contribution in [2.24, 2.45) is 0 Å². The van der Waals surface area contributed by atoms with Crippen molar-refractivity contribution in [1.82, 2.24) is 4.90 Å². The third kappa shape index (κ3) is 5.00. The highest BCUT2D eigenvalue weighted by atomic mass is 32.1. The van der Waals surface area contributed by atoms with Crippen LogP contribution in [0.4, 0.5) is 5.69 Å². The first-order valence-corrected chi connectivity index (χ1v) is 8.81. The van der Waals surface area contributed by atoms with Gasteiger partial charge in [-0.15, -0.1) is 0 Å². The molecule has 136 valence electrons. The van der Waals surface area contributed by atoms with Crippen molar-refractivity contribution in [2.45, 2.75) is 6.92 Å². The van der Waals surface area contributed by atoms with Gasteiger partial charge in [0.05, 0.1) is 17.9 Å². The van der Waals surface area contributed by atoms with E-state index in [0.29, 0.717) is 23.0 Å². The summed E-state index contributed by atoms with van der Waals surface area (Å²) in [5, 5.41) is 0.697. The molecule has 2 rings (SSSR count). The Morgan fingerprint density at radius 2 is 1.62 bits per heavy atom. The third-order valence-electron chi connectivity index (χ3n) is 3.34. The number of nitrogens with zero attached hydrogens (tertiary/aromatic N) is 2. The van der Waals surface area contributed by atoms with Gasteiger partial charge in [-0.3, -0.25) is 0 Å². The van der Waals surface area contributed by atoms with Gasteiger partial charge in [-0.1, -0.05) is 18.2 Å². The van der Waals surface area contributed by atoms with Crippen LogP contribution < -0.4 is 9.64 Å². The number of hydrogen-bond acceptors (Lipinski definition) is 5. The number of anilines is 1. The molecule has 0 fully saturated rings. The van der Waals surface area contributed by atoms with Gasteiger partial charge in [0, 0.05) is 14.1 Å². The van der Waals surface area contributed by atoms with Crippen molar-refractivity contribution in [3.05, 3.63) is 60.2 Å². The fraction of sp³-hybridized carbons (Fsp3) is 0.211. The number of ether oxygens (including phenoxy) is 2. The molecule has 0 heterocycles. The summed E-state index contributed by atoms with van der Waals surface area (Å²) in [5.74, 6) is 0.131. The minimum Gasteiger partial charge on any atom is -0.462 e. The van der Waals surface area contributed by atoms with Gasteiger partial charge < -0.3 is 14.4 Å². The lowest BCUT2D eigenvalue weighted by molar-refractivity contribution is 0.0526. The first-order chi connectivity index (χ1) is 12.4. The fourth-order valence-corrected chi connectivity index (χ4v) is 2.63. The van der Waals surface area contributed by atoms with Crippen LogP contribution in [0.3, 0.4) is 0 Å². The molecule has 2 aromatic rings. The molecule has 2 aromatic carbocycles. The molecule has 0 saturated heterocycles.